The first-order valence-corrected chi connectivity index (χ1v) is 9.90. The Bertz CT molecular complexity index is 1060. The second kappa shape index (κ2) is 8.26. The summed E-state index contributed by atoms with van der Waals surface area (Å²) in [5.41, 5.74) is 1.83. The number of thioether (sulfide) groups is 1. The van der Waals surface area contributed by atoms with Crippen LogP contribution in [0.1, 0.15) is 18.6 Å². The molecular weight excluding hydrogens is 374 g/mol. The second-order valence-electron chi connectivity index (χ2n) is 5.93. The SMILES string of the molecule is CCOc1ccccc1-c1noc(CSc2nnc(C)n2-c2ccccc2)n1. The fourth-order valence-electron chi connectivity index (χ4n) is 2.79. The van der Waals surface area contributed by atoms with Gasteiger partial charge < -0.3 is 9.26 Å². The first-order valence-electron chi connectivity index (χ1n) is 8.91. The number of para-hydroxylation sites is 2. The van der Waals surface area contributed by atoms with Crippen molar-refractivity contribution in [1.82, 2.24) is 24.9 Å². The van der Waals surface area contributed by atoms with E-state index >= 15 is 0 Å². The Morgan fingerprint density at radius 3 is 2.64 bits per heavy atom. The summed E-state index contributed by atoms with van der Waals surface area (Å²) in [4.78, 5) is 4.51. The molecule has 0 spiro atoms. The molecule has 0 radical (unpaired) electrons. The van der Waals surface area contributed by atoms with Crippen LogP contribution in [-0.4, -0.2) is 31.5 Å². The van der Waals surface area contributed by atoms with Crippen LogP contribution >= 0.6 is 11.8 Å². The molecule has 28 heavy (non-hydrogen) atoms. The summed E-state index contributed by atoms with van der Waals surface area (Å²) in [6, 6.07) is 17.7. The molecule has 7 nitrogen and oxygen atoms in total. The number of nitrogens with zero attached hydrogens (tertiary/aromatic N) is 5. The average Bonchev–Trinajstić information content (AvgIpc) is 3.34. The molecule has 0 saturated carbocycles. The maximum atomic E-state index is 5.65. The van der Waals surface area contributed by atoms with Gasteiger partial charge in [-0.1, -0.05) is 47.3 Å². The summed E-state index contributed by atoms with van der Waals surface area (Å²) in [5, 5.41) is 13.4. The lowest BCUT2D eigenvalue weighted by molar-refractivity contribution is 0.341. The number of ether oxygens (including phenoxy) is 1. The standard InChI is InChI=1S/C20H19N5O2S/c1-3-26-17-12-8-7-11-16(17)19-21-18(27-24-19)13-28-20-23-22-14(2)25(20)15-9-5-4-6-10-15/h4-12H,3,13H2,1-2H3. The molecule has 0 atom stereocenters. The van der Waals surface area contributed by atoms with Crippen molar-refractivity contribution >= 4 is 11.8 Å². The maximum absolute atomic E-state index is 5.65. The molecule has 0 aliphatic carbocycles. The van der Waals surface area contributed by atoms with Gasteiger partial charge in [-0.15, -0.1) is 10.2 Å². The number of hydrogen-bond acceptors (Lipinski definition) is 7. The van der Waals surface area contributed by atoms with E-state index in [4.69, 9.17) is 9.26 Å². The third-order valence-electron chi connectivity index (χ3n) is 4.03. The molecule has 2 heterocycles. The molecule has 0 fully saturated rings. The predicted molar refractivity (Wildman–Crippen MR) is 107 cm³/mol. The summed E-state index contributed by atoms with van der Waals surface area (Å²) in [7, 11) is 0. The van der Waals surface area contributed by atoms with E-state index in [0.717, 1.165) is 28.0 Å². The van der Waals surface area contributed by atoms with Gasteiger partial charge in [0.15, 0.2) is 5.16 Å². The molecule has 0 aliphatic heterocycles. The zero-order valence-corrected chi connectivity index (χ0v) is 16.4. The van der Waals surface area contributed by atoms with Crippen LogP contribution in [0.3, 0.4) is 0 Å². The Labute approximate surface area is 166 Å². The average molecular weight is 393 g/mol. The monoisotopic (exact) mass is 393 g/mol. The molecule has 0 saturated heterocycles. The summed E-state index contributed by atoms with van der Waals surface area (Å²) in [6.07, 6.45) is 0. The highest BCUT2D eigenvalue weighted by Crippen LogP contribution is 2.29. The molecule has 2 aromatic heterocycles. The molecule has 0 bridgehead atoms. The van der Waals surface area contributed by atoms with Crippen molar-refractivity contribution in [2.75, 3.05) is 6.61 Å². The Morgan fingerprint density at radius 2 is 1.82 bits per heavy atom. The van der Waals surface area contributed by atoms with Crippen LogP contribution in [0, 0.1) is 6.92 Å². The van der Waals surface area contributed by atoms with Crippen LogP contribution in [0.25, 0.3) is 17.1 Å². The Balaban J connectivity index is 1.53. The molecule has 4 rings (SSSR count). The van der Waals surface area contributed by atoms with Gasteiger partial charge in [0.25, 0.3) is 0 Å². The molecule has 142 valence electrons. The third kappa shape index (κ3) is 3.77. The van der Waals surface area contributed by atoms with E-state index in [2.05, 4.69) is 20.3 Å². The van der Waals surface area contributed by atoms with E-state index in [0.29, 0.717) is 24.1 Å². The highest BCUT2D eigenvalue weighted by molar-refractivity contribution is 7.98. The number of aryl methyl sites for hydroxylation is 1. The van der Waals surface area contributed by atoms with E-state index in [1.807, 2.05) is 73.0 Å². The van der Waals surface area contributed by atoms with Crippen LogP contribution < -0.4 is 4.74 Å². The molecular formula is C20H19N5O2S. The first kappa shape index (κ1) is 18.2. The van der Waals surface area contributed by atoms with Gasteiger partial charge in [-0.3, -0.25) is 4.57 Å². The second-order valence-corrected chi connectivity index (χ2v) is 6.87. The molecule has 0 N–H and O–H groups in total. The van der Waals surface area contributed by atoms with Gasteiger partial charge in [0, 0.05) is 5.69 Å². The third-order valence-corrected chi connectivity index (χ3v) is 4.94. The summed E-state index contributed by atoms with van der Waals surface area (Å²) in [6.45, 7) is 4.45. The van der Waals surface area contributed by atoms with Crippen molar-refractivity contribution in [3.63, 3.8) is 0 Å². The summed E-state index contributed by atoms with van der Waals surface area (Å²) >= 11 is 1.50. The minimum absolute atomic E-state index is 0.495. The van der Waals surface area contributed by atoms with Crippen molar-refractivity contribution in [3.8, 4) is 22.8 Å². The number of rotatable bonds is 7. The highest BCUT2D eigenvalue weighted by atomic mass is 32.2. The number of benzene rings is 2. The molecule has 0 aliphatic rings. The quantitative estimate of drug-likeness (QED) is 0.433. The summed E-state index contributed by atoms with van der Waals surface area (Å²) in [5.74, 6) is 3.09. The van der Waals surface area contributed by atoms with Crippen LogP contribution in [-0.2, 0) is 5.75 Å². The Hall–Kier alpha value is -3.13. The van der Waals surface area contributed by atoms with Gasteiger partial charge in [-0.05, 0) is 38.1 Å². The van der Waals surface area contributed by atoms with E-state index in [-0.39, 0.29) is 0 Å². The number of hydrogen-bond donors (Lipinski definition) is 0. The fraction of sp³-hybridized carbons (Fsp3) is 0.200. The predicted octanol–water partition coefficient (Wildman–Crippen LogP) is 4.32. The van der Waals surface area contributed by atoms with E-state index in [9.17, 15) is 0 Å². The molecule has 0 unspecified atom stereocenters. The van der Waals surface area contributed by atoms with Crippen LogP contribution in [0.4, 0.5) is 0 Å². The Kier molecular flexibility index (Phi) is 5.38. The minimum atomic E-state index is 0.495. The normalized spacial score (nSPS) is 10.9. The van der Waals surface area contributed by atoms with E-state index < -0.39 is 0 Å². The van der Waals surface area contributed by atoms with Crippen molar-refractivity contribution in [2.45, 2.75) is 24.8 Å². The van der Waals surface area contributed by atoms with E-state index in [1.54, 1.807) is 0 Å². The van der Waals surface area contributed by atoms with Crippen molar-refractivity contribution < 1.29 is 9.26 Å². The maximum Gasteiger partial charge on any atom is 0.237 e. The van der Waals surface area contributed by atoms with Crippen molar-refractivity contribution in [3.05, 3.63) is 66.3 Å². The smallest absolute Gasteiger partial charge is 0.237 e. The lowest BCUT2D eigenvalue weighted by Gasteiger charge is -2.07. The molecule has 4 aromatic rings. The van der Waals surface area contributed by atoms with Gasteiger partial charge in [-0.2, -0.15) is 4.98 Å². The van der Waals surface area contributed by atoms with E-state index in [1.165, 1.54) is 11.8 Å². The first-order chi connectivity index (χ1) is 13.8. The number of aromatic nitrogens is 5. The zero-order chi connectivity index (χ0) is 19.3. The van der Waals surface area contributed by atoms with Gasteiger partial charge in [0.2, 0.25) is 11.7 Å². The highest BCUT2D eigenvalue weighted by Gasteiger charge is 2.16. The van der Waals surface area contributed by atoms with Gasteiger partial charge >= 0.3 is 0 Å². The summed E-state index contributed by atoms with van der Waals surface area (Å²) < 4.78 is 13.1. The van der Waals surface area contributed by atoms with Crippen LogP contribution in [0.15, 0.2) is 64.3 Å². The lowest BCUT2D eigenvalue weighted by Crippen LogP contribution is -1.99. The minimum Gasteiger partial charge on any atom is -0.493 e. The molecule has 8 heteroatoms. The van der Waals surface area contributed by atoms with Crippen LogP contribution in [0.5, 0.6) is 5.75 Å². The Morgan fingerprint density at radius 1 is 1.04 bits per heavy atom. The topological polar surface area (TPSA) is 78.9 Å². The lowest BCUT2D eigenvalue weighted by atomic mass is 10.2. The zero-order valence-electron chi connectivity index (χ0n) is 15.6. The fourth-order valence-corrected chi connectivity index (χ4v) is 3.63. The largest absolute Gasteiger partial charge is 0.493 e. The van der Waals surface area contributed by atoms with Gasteiger partial charge in [-0.25, -0.2) is 0 Å². The molecule has 0 amide bonds. The van der Waals surface area contributed by atoms with Gasteiger partial charge in [0.1, 0.15) is 11.6 Å². The van der Waals surface area contributed by atoms with Crippen molar-refractivity contribution in [2.24, 2.45) is 0 Å². The van der Waals surface area contributed by atoms with Crippen molar-refractivity contribution in [1.29, 1.82) is 0 Å². The van der Waals surface area contributed by atoms with Gasteiger partial charge in [0.05, 0.1) is 17.9 Å². The molecule has 2 aromatic carbocycles. The van der Waals surface area contributed by atoms with Crippen LogP contribution in [0.2, 0.25) is 0 Å².